The van der Waals surface area contributed by atoms with Gasteiger partial charge in [-0.3, -0.25) is 0 Å². The Labute approximate surface area is 142 Å². The molecule has 1 aromatic carbocycles. The molecule has 3 rings (SSSR count). The number of anilines is 1. The predicted molar refractivity (Wildman–Crippen MR) is 89.7 cm³/mol. The summed E-state index contributed by atoms with van der Waals surface area (Å²) in [6, 6.07) is 3.29. The largest absolute Gasteiger partial charge is 0.321 e. The summed E-state index contributed by atoms with van der Waals surface area (Å²) in [4.78, 5) is 6.09. The Morgan fingerprint density at radius 2 is 1.96 bits per heavy atom. The van der Waals surface area contributed by atoms with E-state index in [-0.39, 0.29) is 4.21 Å². The first kappa shape index (κ1) is 16.8. The first-order chi connectivity index (χ1) is 11.4. The maximum absolute atomic E-state index is 13.8. The number of sulfone groups is 1. The fourth-order valence-electron chi connectivity index (χ4n) is 2.32. The van der Waals surface area contributed by atoms with Crippen LogP contribution >= 0.6 is 11.3 Å². The number of aryl methyl sites for hydroxylation is 1. The summed E-state index contributed by atoms with van der Waals surface area (Å²) < 4.78 is 52.8. The zero-order valence-corrected chi connectivity index (χ0v) is 14.4. The molecule has 0 saturated carbocycles. The lowest BCUT2D eigenvalue weighted by molar-refractivity contribution is 0.556. The molecular weight excluding hydrogens is 354 g/mol. The van der Waals surface area contributed by atoms with Crippen LogP contribution in [-0.2, 0) is 15.6 Å². The van der Waals surface area contributed by atoms with Crippen molar-refractivity contribution >= 4 is 26.3 Å². The zero-order valence-electron chi connectivity index (χ0n) is 12.7. The number of hydrogen-bond donors (Lipinski definition) is 0. The first-order valence-electron chi connectivity index (χ1n) is 7.11. The van der Waals surface area contributed by atoms with Crippen LogP contribution in [0.5, 0.6) is 0 Å². The number of nitrogens with zero attached hydrogens (tertiary/aromatic N) is 2. The molecule has 4 nitrogen and oxygen atoms in total. The lowest BCUT2D eigenvalue weighted by atomic mass is 10.2. The third-order valence-electron chi connectivity index (χ3n) is 3.48. The highest BCUT2D eigenvalue weighted by Gasteiger charge is 2.26. The van der Waals surface area contributed by atoms with Crippen molar-refractivity contribution in [1.29, 1.82) is 0 Å². The van der Waals surface area contributed by atoms with E-state index in [9.17, 15) is 17.2 Å². The number of allylic oxidation sites excluding steroid dienone is 2. The summed E-state index contributed by atoms with van der Waals surface area (Å²) in [5, 5.41) is 0.528. The van der Waals surface area contributed by atoms with E-state index in [0.29, 0.717) is 17.4 Å². The van der Waals surface area contributed by atoms with Crippen LogP contribution in [0.15, 0.2) is 46.8 Å². The summed E-state index contributed by atoms with van der Waals surface area (Å²) in [5.41, 5.74) is -0.123. The lowest BCUT2D eigenvalue weighted by Crippen LogP contribution is -2.16. The van der Waals surface area contributed by atoms with Gasteiger partial charge in [0.05, 0.1) is 11.4 Å². The van der Waals surface area contributed by atoms with Gasteiger partial charge in [-0.1, -0.05) is 29.6 Å². The van der Waals surface area contributed by atoms with E-state index >= 15 is 0 Å². The van der Waals surface area contributed by atoms with Crippen molar-refractivity contribution in [3.63, 3.8) is 0 Å². The minimum atomic E-state index is -3.90. The molecule has 0 spiro atoms. The number of hydrogen-bond acceptors (Lipinski definition) is 5. The fourth-order valence-corrected chi connectivity index (χ4v) is 5.30. The van der Waals surface area contributed by atoms with Gasteiger partial charge in [0.1, 0.15) is 15.8 Å². The number of thiazole rings is 1. The third-order valence-corrected chi connectivity index (χ3v) is 7.01. The maximum atomic E-state index is 13.8. The number of benzene rings is 1. The van der Waals surface area contributed by atoms with E-state index in [1.807, 2.05) is 18.2 Å². The van der Waals surface area contributed by atoms with Crippen molar-refractivity contribution in [2.75, 3.05) is 11.4 Å². The van der Waals surface area contributed by atoms with Crippen molar-refractivity contribution < 1.29 is 17.2 Å². The molecule has 2 heterocycles. The Bertz CT molecular complexity index is 913. The number of halogens is 2. The van der Waals surface area contributed by atoms with Gasteiger partial charge in [-0.2, -0.15) is 0 Å². The summed E-state index contributed by atoms with van der Waals surface area (Å²) >= 11 is 1.00. The Kier molecular flexibility index (Phi) is 4.51. The van der Waals surface area contributed by atoms with Crippen molar-refractivity contribution in [1.82, 2.24) is 4.98 Å². The lowest BCUT2D eigenvalue weighted by Gasteiger charge is -2.16. The van der Waals surface area contributed by atoms with Crippen LogP contribution in [0.3, 0.4) is 0 Å². The molecule has 0 unspecified atom stereocenters. The molecule has 0 bridgehead atoms. The molecule has 0 amide bonds. The van der Waals surface area contributed by atoms with Gasteiger partial charge in [-0.25, -0.2) is 22.2 Å². The molecular formula is C16H14F2N2O2S2. The van der Waals surface area contributed by atoms with Gasteiger partial charge in [-0.15, -0.1) is 0 Å². The highest BCUT2D eigenvalue weighted by Crippen LogP contribution is 2.33. The van der Waals surface area contributed by atoms with E-state index in [2.05, 4.69) is 4.98 Å². The van der Waals surface area contributed by atoms with Crippen molar-refractivity contribution in [2.24, 2.45) is 0 Å². The molecule has 1 aromatic heterocycles. The first-order valence-corrected chi connectivity index (χ1v) is 9.58. The number of aromatic nitrogens is 1. The molecule has 1 aliphatic rings. The van der Waals surface area contributed by atoms with Gasteiger partial charge in [0.15, 0.2) is 15.0 Å². The minimum absolute atomic E-state index is 0.0307. The smallest absolute Gasteiger partial charge is 0.194 e. The summed E-state index contributed by atoms with van der Waals surface area (Å²) in [6.07, 6.45) is 7.42. The Morgan fingerprint density at radius 3 is 2.58 bits per heavy atom. The van der Waals surface area contributed by atoms with Gasteiger partial charge in [0.25, 0.3) is 0 Å². The monoisotopic (exact) mass is 368 g/mol. The molecule has 2 aromatic rings. The van der Waals surface area contributed by atoms with Gasteiger partial charge in [-0.05, 0) is 25.1 Å². The second-order valence-corrected chi connectivity index (χ2v) is 8.41. The van der Waals surface area contributed by atoms with E-state index in [0.717, 1.165) is 23.5 Å². The van der Waals surface area contributed by atoms with Gasteiger partial charge < -0.3 is 4.90 Å². The minimum Gasteiger partial charge on any atom is -0.321 e. The molecule has 0 radical (unpaired) electrons. The molecule has 0 aliphatic carbocycles. The van der Waals surface area contributed by atoms with E-state index in [1.54, 1.807) is 18.0 Å². The molecule has 0 N–H and O–H groups in total. The van der Waals surface area contributed by atoms with Gasteiger partial charge >= 0.3 is 0 Å². The Hall–Kier alpha value is -2.06. The fraction of sp³-hybridized carbons (Fsp3) is 0.188. The molecule has 0 atom stereocenters. The molecule has 8 heteroatoms. The van der Waals surface area contributed by atoms with E-state index < -0.39 is 32.8 Å². The average Bonchev–Trinajstić information content (AvgIpc) is 2.95. The summed E-state index contributed by atoms with van der Waals surface area (Å²) in [5.74, 6) is -2.47. The van der Waals surface area contributed by atoms with Gasteiger partial charge in [0, 0.05) is 18.3 Å². The van der Waals surface area contributed by atoms with Crippen LogP contribution in [-0.4, -0.2) is 19.9 Å². The maximum Gasteiger partial charge on any atom is 0.194 e. The standard InChI is InChI=1S/C16H14F2N2O2S2/c1-11-15(23-16(19-11)20-8-3-2-4-9-20)24(21,22)10-12-13(17)6-5-7-14(12)18/h2-8H,9-10H2,1H3. The van der Waals surface area contributed by atoms with Crippen molar-refractivity contribution in [2.45, 2.75) is 16.9 Å². The van der Waals surface area contributed by atoms with Crippen LogP contribution in [0.1, 0.15) is 11.3 Å². The summed E-state index contributed by atoms with van der Waals surface area (Å²) in [7, 11) is -3.90. The average molecular weight is 368 g/mol. The van der Waals surface area contributed by atoms with Crippen LogP contribution in [0.4, 0.5) is 13.9 Å². The quantitative estimate of drug-likeness (QED) is 0.828. The second kappa shape index (κ2) is 6.45. The molecule has 0 saturated heterocycles. The highest BCUT2D eigenvalue weighted by atomic mass is 32.2. The molecule has 24 heavy (non-hydrogen) atoms. The van der Waals surface area contributed by atoms with Crippen LogP contribution in [0, 0.1) is 18.6 Å². The van der Waals surface area contributed by atoms with Crippen molar-refractivity contribution in [3.8, 4) is 0 Å². The molecule has 1 aliphatic heterocycles. The van der Waals surface area contributed by atoms with Crippen LogP contribution in [0.2, 0.25) is 0 Å². The van der Waals surface area contributed by atoms with Crippen LogP contribution < -0.4 is 4.90 Å². The Morgan fingerprint density at radius 1 is 1.25 bits per heavy atom. The third kappa shape index (κ3) is 3.25. The normalized spacial score (nSPS) is 14.4. The zero-order chi connectivity index (χ0) is 17.3. The highest BCUT2D eigenvalue weighted by molar-refractivity contribution is 7.92. The SMILES string of the molecule is Cc1nc(N2C=CC=CC2)sc1S(=O)(=O)Cc1c(F)cccc1F. The van der Waals surface area contributed by atoms with E-state index in [4.69, 9.17) is 0 Å². The van der Waals surface area contributed by atoms with Crippen LogP contribution in [0.25, 0.3) is 0 Å². The van der Waals surface area contributed by atoms with Crippen molar-refractivity contribution in [3.05, 3.63) is 65.5 Å². The van der Waals surface area contributed by atoms with Gasteiger partial charge in [0.2, 0.25) is 0 Å². The number of rotatable bonds is 4. The molecule has 126 valence electrons. The summed E-state index contributed by atoms with van der Waals surface area (Å²) in [6.45, 7) is 2.17. The van der Waals surface area contributed by atoms with E-state index in [1.165, 1.54) is 6.07 Å². The second-order valence-electron chi connectivity index (χ2n) is 5.25. The topological polar surface area (TPSA) is 50.3 Å². The molecule has 0 fully saturated rings. The Balaban J connectivity index is 1.94. The predicted octanol–water partition coefficient (Wildman–Crippen LogP) is 3.59.